The zero-order chi connectivity index (χ0) is 14.3. The molecule has 2 rings (SSSR count). The minimum absolute atomic E-state index is 0.0420. The minimum atomic E-state index is -1.05. The van der Waals surface area contributed by atoms with Crippen LogP contribution in [-0.2, 0) is 6.61 Å². The van der Waals surface area contributed by atoms with Crippen LogP contribution in [0.3, 0.4) is 0 Å². The molecule has 0 aromatic carbocycles. The lowest BCUT2D eigenvalue weighted by molar-refractivity contribution is 0.0697. The second kappa shape index (κ2) is 6.92. The Morgan fingerprint density at radius 1 is 1.11 bits per heavy atom. The van der Waals surface area contributed by atoms with Crippen LogP contribution >= 0.6 is 0 Å². The highest BCUT2D eigenvalue weighted by molar-refractivity contribution is 5.92. The van der Waals surface area contributed by atoms with Gasteiger partial charge in [-0.25, -0.2) is 14.8 Å². The molecule has 2 aromatic rings. The van der Waals surface area contributed by atoms with Crippen molar-refractivity contribution >= 4 is 17.6 Å². The lowest BCUT2D eigenvalue weighted by atomic mass is 10.3. The Morgan fingerprint density at radius 3 is 2.05 bits per heavy atom. The molecule has 7 heteroatoms. The van der Waals surface area contributed by atoms with E-state index in [9.17, 15) is 4.79 Å². The fourth-order valence-corrected chi connectivity index (χ4v) is 1.18. The van der Waals surface area contributed by atoms with Gasteiger partial charge >= 0.3 is 5.97 Å². The fourth-order valence-electron chi connectivity index (χ4n) is 1.18. The minimum Gasteiger partial charge on any atom is -0.478 e. The summed E-state index contributed by atoms with van der Waals surface area (Å²) in [5.74, 6) is -0.597. The number of nitrogens with zero attached hydrogens (tertiary/aromatic N) is 2. The third-order valence-electron chi connectivity index (χ3n) is 2.17. The molecule has 2 aromatic heterocycles. The average Bonchev–Trinajstić information content (AvgIpc) is 2.40. The first-order valence-corrected chi connectivity index (χ1v) is 5.30. The molecule has 0 amide bonds. The number of carbonyl (C=O) groups is 1. The molecule has 0 radical (unpaired) electrons. The molecule has 0 bridgehead atoms. The van der Waals surface area contributed by atoms with E-state index in [2.05, 4.69) is 9.97 Å². The Morgan fingerprint density at radius 2 is 1.68 bits per heavy atom. The molecule has 0 unspecified atom stereocenters. The van der Waals surface area contributed by atoms with Crippen LogP contribution < -0.4 is 11.5 Å². The van der Waals surface area contributed by atoms with Gasteiger partial charge in [-0.05, 0) is 18.2 Å². The Balaban J connectivity index is 0.000000191. The van der Waals surface area contributed by atoms with E-state index < -0.39 is 5.97 Å². The lowest BCUT2D eigenvalue weighted by Gasteiger charge is -1.96. The maximum atomic E-state index is 10.3. The summed E-state index contributed by atoms with van der Waals surface area (Å²) < 4.78 is 0. The van der Waals surface area contributed by atoms with Crippen LogP contribution in [-0.4, -0.2) is 26.2 Å². The van der Waals surface area contributed by atoms with Crippen LogP contribution in [0.4, 0.5) is 11.6 Å². The van der Waals surface area contributed by atoms with E-state index in [-0.39, 0.29) is 18.0 Å². The van der Waals surface area contributed by atoms with Crippen LogP contribution in [0.5, 0.6) is 0 Å². The molecule has 0 spiro atoms. The Labute approximate surface area is 109 Å². The van der Waals surface area contributed by atoms with Crippen LogP contribution in [0, 0.1) is 0 Å². The van der Waals surface area contributed by atoms with Gasteiger partial charge < -0.3 is 21.7 Å². The first-order valence-electron chi connectivity index (χ1n) is 5.30. The van der Waals surface area contributed by atoms with Crippen molar-refractivity contribution in [3.63, 3.8) is 0 Å². The largest absolute Gasteiger partial charge is 0.478 e. The zero-order valence-electron chi connectivity index (χ0n) is 10.0. The maximum absolute atomic E-state index is 10.3. The standard InChI is InChI=1S/C6H6N2O2.C6H8N2O/c7-5-4(6(9)10)2-1-3-8-5;7-6-5(4-9)2-1-3-8-6/h1-3H,(H2,7,8)(H,9,10);1-3,9H,4H2,(H2,7,8). The van der Waals surface area contributed by atoms with Crippen LogP contribution in [0.2, 0.25) is 0 Å². The summed E-state index contributed by atoms with van der Waals surface area (Å²) in [5, 5.41) is 17.0. The van der Waals surface area contributed by atoms with Gasteiger partial charge in [-0.3, -0.25) is 0 Å². The van der Waals surface area contributed by atoms with Crippen LogP contribution in [0.25, 0.3) is 0 Å². The molecule has 7 nitrogen and oxygen atoms in total. The number of aliphatic hydroxyl groups is 1. The van der Waals surface area contributed by atoms with Gasteiger partial charge in [-0.1, -0.05) is 6.07 Å². The van der Waals surface area contributed by atoms with E-state index in [1.807, 2.05) is 0 Å². The summed E-state index contributed by atoms with van der Waals surface area (Å²) in [6, 6.07) is 6.41. The number of aromatic carboxylic acids is 1. The van der Waals surface area contributed by atoms with Gasteiger partial charge in [-0.15, -0.1) is 0 Å². The van der Waals surface area contributed by atoms with E-state index in [4.69, 9.17) is 21.7 Å². The number of carboxylic acid groups (broad SMARTS) is 1. The molecule has 6 N–H and O–H groups in total. The van der Waals surface area contributed by atoms with Crippen molar-refractivity contribution in [2.45, 2.75) is 6.61 Å². The highest BCUT2D eigenvalue weighted by atomic mass is 16.4. The predicted octanol–water partition coefficient (Wildman–Crippen LogP) is 0.518. The summed E-state index contributed by atoms with van der Waals surface area (Å²) in [7, 11) is 0. The van der Waals surface area contributed by atoms with Gasteiger partial charge in [-0.2, -0.15) is 0 Å². The lowest BCUT2D eigenvalue weighted by Crippen LogP contribution is -2.03. The van der Waals surface area contributed by atoms with Crippen molar-refractivity contribution in [1.29, 1.82) is 0 Å². The third-order valence-corrected chi connectivity index (χ3v) is 2.17. The van der Waals surface area contributed by atoms with E-state index in [0.717, 1.165) is 0 Å². The number of anilines is 2. The second-order valence-electron chi connectivity index (χ2n) is 3.45. The van der Waals surface area contributed by atoms with E-state index in [1.165, 1.54) is 18.3 Å². The fraction of sp³-hybridized carbons (Fsp3) is 0.0833. The van der Waals surface area contributed by atoms with Crippen molar-refractivity contribution in [1.82, 2.24) is 9.97 Å². The van der Waals surface area contributed by atoms with E-state index >= 15 is 0 Å². The number of aliphatic hydroxyl groups excluding tert-OH is 1. The summed E-state index contributed by atoms with van der Waals surface area (Å²) in [4.78, 5) is 17.7. The summed E-state index contributed by atoms with van der Waals surface area (Å²) in [6.07, 6.45) is 3.04. The number of rotatable bonds is 2. The Bertz CT molecular complexity index is 560. The molecule has 0 atom stereocenters. The van der Waals surface area contributed by atoms with Gasteiger partial charge in [0.1, 0.15) is 17.2 Å². The molecule has 100 valence electrons. The average molecular weight is 262 g/mol. The maximum Gasteiger partial charge on any atom is 0.339 e. The molecule has 0 saturated carbocycles. The predicted molar refractivity (Wildman–Crippen MR) is 70.2 cm³/mol. The number of nitrogen functional groups attached to an aromatic ring is 2. The summed E-state index contributed by atoms with van der Waals surface area (Å²) in [5.41, 5.74) is 11.3. The zero-order valence-corrected chi connectivity index (χ0v) is 10.0. The van der Waals surface area contributed by atoms with Crippen molar-refractivity contribution in [2.75, 3.05) is 11.5 Å². The SMILES string of the molecule is Nc1ncccc1C(=O)O.Nc1ncccc1CO. The van der Waals surface area contributed by atoms with Crippen molar-refractivity contribution in [3.05, 3.63) is 47.8 Å². The first kappa shape index (κ1) is 14.4. The van der Waals surface area contributed by atoms with Crippen LogP contribution in [0.1, 0.15) is 15.9 Å². The smallest absolute Gasteiger partial charge is 0.339 e. The van der Waals surface area contributed by atoms with Crippen LogP contribution in [0.15, 0.2) is 36.7 Å². The quantitative estimate of drug-likeness (QED) is 0.619. The monoisotopic (exact) mass is 262 g/mol. The topological polar surface area (TPSA) is 135 Å². The number of nitrogens with two attached hydrogens (primary N) is 2. The molecule has 0 aliphatic rings. The molecular formula is C12H14N4O3. The number of hydrogen-bond acceptors (Lipinski definition) is 6. The van der Waals surface area contributed by atoms with Gasteiger partial charge in [0.25, 0.3) is 0 Å². The molecule has 19 heavy (non-hydrogen) atoms. The molecule has 0 aliphatic heterocycles. The Hall–Kier alpha value is -2.67. The van der Waals surface area contributed by atoms with E-state index in [1.54, 1.807) is 18.3 Å². The molecule has 0 saturated heterocycles. The summed E-state index contributed by atoms with van der Waals surface area (Å²) in [6.45, 7) is -0.0420. The van der Waals surface area contributed by atoms with Gasteiger partial charge in [0.2, 0.25) is 0 Å². The van der Waals surface area contributed by atoms with E-state index in [0.29, 0.717) is 11.4 Å². The Kier molecular flexibility index (Phi) is 5.24. The van der Waals surface area contributed by atoms with Gasteiger partial charge in [0, 0.05) is 18.0 Å². The van der Waals surface area contributed by atoms with Crippen molar-refractivity contribution < 1.29 is 15.0 Å². The third kappa shape index (κ3) is 4.25. The number of carboxylic acids is 1. The molecular weight excluding hydrogens is 248 g/mol. The molecule has 2 heterocycles. The second-order valence-corrected chi connectivity index (χ2v) is 3.45. The van der Waals surface area contributed by atoms with Crippen molar-refractivity contribution in [3.8, 4) is 0 Å². The number of aromatic nitrogens is 2. The highest BCUT2D eigenvalue weighted by Crippen LogP contribution is 2.05. The number of hydrogen-bond donors (Lipinski definition) is 4. The molecule has 0 fully saturated rings. The van der Waals surface area contributed by atoms with Crippen molar-refractivity contribution in [2.24, 2.45) is 0 Å². The summed E-state index contributed by atoms with van der Waals surface area (Å²) >= 11 is 0. The van der Waals surface area contributed by atoms with Gasteiger partial charge in [0.15, 0.2) is 0 Å². The molecule has 0 aliphatic carbocycles. The first-order chi connectivity index (χ1) is 9.06. The highest BCUT2D eigenvalue weighted by Gasteiger charge is 2.05. The van der Waals surface area contributed by atoms with Gasteiger partial charge in [0.05, 0.1) is 6.61 Å². The normalized spacial score (nSPS) is 9.32. The number of pyridine rings is 2.